The van der Waals surface area contributed by atoms with Gasteiger partial charge in [0.25, 0.3) is 5.91 Å². The van der Waals surface area contributed by atoms with Crippen molar-refractivity contribution >= 4 is 108 Å². The van der Waals surface area contributed by atoms with E-state index >= 15 is 8.42 Å². The number of carboxylic acids is 1. The summed E-state index contributed by atoms with van der Waals surface area (Å²) in [5, 5.41) is 21.7. The van der Waals surface area contributed by atoms with Crippen molar-refractivity contribution in [1.29, 1.82) is 0 Å². The van der Waals surface area contributed by atoms with Gasteiger partial charge < -0.3 is 36.1 Å². The van der Waals surface area contributed by atoms with Gasteiger partial charge >= 0.3 is 5.97 Å². The molecule has 0 saturated carbocycles. The fourth-order valence-corrected chi connectivity index (χ4v) is 16.9. The molecule has 6 aromatic rings. The van der Waals surface area contributed by atoms with Gasteiger partial charge in [-0.05, 0) is 102 Å². The smallest absolute Gasteiger partial charge is 0.352 e. The number of benzene rings is 7. The van der Waals surface area contributed by atoms with Gasteiger partial charge in [0.15, 0.2) is 6.54 Å². The van der Waals surface area contributed by atoms with E-state index in [1.54, 1.807) is 36.4 Å². The average molecular weight is 1210 g/mol. The molecule has 3 unspecified atom stereocenters. The first-order valence-electron chi connectivity index (χ1n) is 28.8. The lowest BCUT2D eigenvalue weighted by molar-refractivity contribution is -0.150. The third kappa shape index (κ3) is 10.1. The number of nitrogens with two attached hydrogens (primary N) is 1. The van der Waals surface area contributed by atoms with E-state index in [1.165, 1.54) is 49.2 Å². The Morgan fingerprint density at radius 2 is 1.57 bits per heavy atom. The summed E-state index contributed by atoms with van der Waals surface area (Å²) >= 11 is 2.76. The minimum absolute atomic E-state index is 0.0816. The number of fused-ring (bicyclic) bond motifs is 6. The fourth-order valence-electron chi connectivity index (χ4n) is 12.9. The number of thioether (sulfide) groups is 2. The number of β-lactam (4-membered cyclic amide) rings is 1. The molecule has 13 rings (SSSR count). The summed E-state index contributed by atoms with van der Waals surface area (Å²) < 4.78 is 41.1. The Balaban J connectivity index is 0.707. The SMILES string of the molecule is CC1N(c2ccc3c(-c4ccccc4S(=O)(=O)N4CCC(C(=O)NCC(=O)Nc5ccc(SCC6=C(C(=O)O)N7C(=O)C(NC(=O)CN)C7SC6)cc5)CC4)c4cc/c(=[N+]5/CCc6ccccc65)cc-4oc3c2)c2cc3ccccc3cc2C1(C)C. The monoisotopic (exact) mass is 1210 g/mol. The molecule has 7 aliphatic rings. The van der Waals surface area contributed by atoms with E-state index in [1.807, 2.05) is 18.2 Å². The number of hydrogen-bond donors (Lipinski definition) is 5. The normalized spacial score (nSPS) is 20.0. The molecule has 17 nitrogen and oxygen atoms in total. The number of amides is 4. The van der Waals surface area contributed by atoms with Crippen molar-refractivity contribution < 1.29 is 41.9 Å². The fraction of sp³-hybridized carbons (Fsp3) is 0.273. The second-order valence-corrected chi connectivity index (χ2v) is 27.1. The van der Waals surface area contributed by atoms with Gasteiger partial charge in [0.2, 0.25) is 38.8 Å². The first-order chi connectivity index (χ1) is 41.5. The number of para-hydroxylation sites is 1. The third-order valence-electron chi connectivity index (χ3n) is 17.7. The van der Waals surface area contributed by atoms with Crippen LogP contribution in [0.1, 0.15) is 44.7 Å². The molecule has 6 heterocycles. The van der Waals surface area contributed by atoms with E-state index in [0.29, 0.717) is 39.7 Å². The summed E-state index contributed by atoms with van der Waals surface area (Å²) in [6.07, 6.45) is 1.43. The molecule has 6 N–H and O–H groups in total. The summed E-state index contributed by atoms with van der Waals surface area (Å²) in [5.74, 6) is -2.24. The molecule has 0 radical (unpaired) electrons. The van der Waals surface area contributed by atoms with Crippen molar-refractivity contribution in [2.24, 2.45) is 11.7 Å². The van der Waals surface area contributed by atoms with Crippen molar-refractivity contribution in [1.82, 2.24) is 24.4 Å². The van der Waals surface area contributed by atoms with Crippen LogP contribution in [0, 0.1) is 5.92 Å². The predicted molar refractivity (Wildman–Crippen MR) is 336 cm³/mol. The van der Waals surface area contributed by atoms with Crippen molar-refractivity contribution in [2.45, 2.75) is 72.7 Å². The molecule has 4 amide bonds. The van der Waals surface area contributed by atoms with E-state index in [-0.39, 0.29) is 67.0 Å². The van der Waals surface area contributed by atoms with Gasteiger partial charge in [0.05, 0.1) is 24.1 Å². The molecule has 438 valence electrons. The maximum atomic E-state index is 15.1. The minimum Gasteiger partial charge on any atom is -0.477 e. The molecule has 0 spiro atoms. The average Bonchev–Trinajstić information content (AvgIpc) is 1.39. The van der Waals surface area contributed by atoms with Gasteiger partial charge in [-0.1, -0.05) is 74.5 Å². The molecule has 20 heteroatoms. The second-order valence-electron chi connectivity index (χ2n) is 23.0. The van der Waals surface area contributed by atoms with E-state index in [4.69, 9.17) is 10.2 Å². The standard InChI is InChI=1S/C66H62N8O9S3/c1-38-66(2,3)51-30-41-11-4-5-12-42(41)31-53(51)73(38)46-19-23-49-55(33-46)83-54-32-45(72-29-26-39-10-6-8-14-52(39)72)18-22-48(54)59(49)50-13-7-9-15-56(50)86(81,82)71-27-24-40(25-28-71)62(77)68-35-58(76)69-44-16-20-47(21-17-44)84-36-43-37-85-64-60(70-57(75)34-67)63(78)74(64)61(43)65(79)80/h4-23,30-33,38,40,60,64H,24-29,34-37,67H2,1-3H3,(H3-,68,69,70,75,76,77,79,80)/p+1. The molecule has 1 aliphatic carbocycles. The van der Waals surface area contributed by atoms with Crippen molar-refractivity contribution in [3.05, 3.63) is 173 Å². The number of hydrogen-bond acceptors (Lipinski definition) is 12. The molecular formula is C66H63N8O9S3+. The minimum atomic E-state index is -4.13. The van der Waals surface area contributed by atoms with Crippen LogP contribution < -0.4 is 36.5 Å². The first kappa shape index (κ1) is 56.8. The van der Waals surface area contributed by atoms with Crippen LogP contribution in [0.3, 0.4) is 0 Å². The lowest BCUT2D eigenvalue weighted by atomic mass is 9.80. The van der Waals surface area contributed by atoms with Gasteiger partial charge in [-0.2, -0.15) is 8.88 Å². The molecule has 0 aromatic heterocycles. The zero-order chi connectivity index (χ0) is 59.8. The van der Waals surface area contributed by atoms with E-state index in [9.17, 15) is 29.1 Å². The quantitative estimate of drug-likeness (QED) is 0.0297. The highest BCUT2D eigenvalue weighted by molar-refractivity contribution is 8.01. The Morgan fingerprint density at radius 1 is 0.837 bits per heavy atom. The van der Waals surface area contributed by atoms with E-state index in [0.717, 1.165) is 62.2 Å². The Labute approximate surface area is 505 Å². The lowest BCUT2D eigenvalue weighted by Crippen LogP contribution is -2.71. The van der Waals surface area contributed by atoms with Gasteiger partial charge in [-0.25, -0.2) is 13.2 Å². The Hall–Kier alpha value is -8.27. The molecule has 3 atom stereocenters. The topological polar surface area (TPSA) is 228 Å². The summed E-state index contributed by atoms with van der Waals surface area (Å²) in [5.41, 5.74) is 14.7. The van der Waals surface area contributed by atoms with Gasteiger partial charge in [-0.3, -0.25) is 24.1 Å². The lowest BCUT2D eigenvalue weighted by Gasteiger charge is -2.49. The van der Waals surface area contributed by atoms with Crippen LogP contribution in [0.2, 0.25) is 0 Å². The third-order valence-corrected chi connectivity index (χ3v) is 22.1. The van der Waals surface area contributed by atoms with E-state index in [2.05, 4.69) is 137 Å². The number of carbonyl (C=O) groups is 5. The number of anilines is 3. The van der Waals surface area contributed by atoms with Crippen LogP contribution in [0.15, 0.2) is 171 Å². The summed E-state index contributed by atoms with van der Waals surface area (Å²) in [7, 11) is -4.13. The molecule has 86 heavy (non-hydrogen) atoms. The Bertz CT molecular complexity index is 4330. The number of carbonyl (C=O) groups excluding carboxylic acids is 4. The van der Waals surface area contributed by atoms with Gasteiger partial charge in [-0.15, -0.1) is 23.5 Å². The summed E-state index contributed by atoms with van der Waals surface area (Å²) in [6.45, 7) is 7.29. The number of piperidine rings is 1. The number of rotatable bonds is 14. The number of aliphatic carboxylic acids is 1. The maximum absolute atomic E-state index is 15.1. The Morgan fingerprint density at radius 3 is 2.34 bits per heavy atom. The number of sulfonamides is 1. The number of nitrogens with zero attached hydrogens (tertiary/aromatic N) is 4. The molecule has 0 bridgehead atoms. The van der Waals surface area contributed by atoms with Crippen LogP contribution in [0.4, 0.5) is 22.7 Å². The predicted octanol–water partition coefficient (Wildman–Crippen LogP) is 8.78. The largest absolute Gasteiger partial charge is 0.477 e. The van der Waals surface area contributed by atoms with Gasteiger partial charge in [0, 0.05) is 116 Å². The first-order valence-corrected chi connectivity index (χ1v) is 32.3. The van der Waals surface area contributed by atoms with Crippen LogP contribution in [0.5, 0.6) is 0 Å². The second kappa shape index (κ2) is 22.5. The van der Waals surface area contributed by atoms with Crippen LogP contribution in [0.25, 0.3) is 44.2 Å². The molecule has 2 fully saturated rings. The van der Waals surface area contributed by atoms with Crippen LogP contribution in [-0.4, -0.2) is 114 Å². The van der Waals surface area contributed by atoms with Crippen LogP contribution in [-0.2, 0) is 45.8 Å². The molecular weight excluding hydrogens is 1140 g/mol. The number of carboxylic acid groups (broad SMARTS) is 1. The highest BCUT2D eigenvalue weighted by Gasteiger charge is 2.54. The molecule has 6 aromatic carbocycles. The van der Waals surface area contributed by atoms with Crippen LogP contribution >= 0.6 is 23.5 Å². The highest BCUT2D eigenvalue weighted by atomic mass is 32.2. The zero-order valence-corrected chi connectivity index (χ0v) is 50.0. The van der Waals surface area contributed by atoms with Crippen molar-refractivity contribution in [3.63, 3.8) is 0 Å². The highest BCUT2D eigenvalue weighted by Crippen LogP contribution is 2.52. The van der Waals surface area contributed by atoms with Crippen molar-refractivity contribution in [2.75, 3.05) is 54.4 Å². The molecule has 6 aliphatic heterocycles. The van der Waals surface area contributed by atoms with Crippen molar-refractivity contribution in [3.8, 4) is 22.5 Å². The Kier molecular flexibility index (Phi) is 14.9. The summed E-state index contributed by atoms with van der Waals surface area (Å²) in [6, 6.07) is 47.3. The number of nitrogens with one attached hydrogen (secondary N) is 3. The maximum Gasteiger partial charge on any atom is 0.352 e. The molecule has 2 saturated heterocycles. The van der Waals surface area contributed by atoms with E-state index < -0.39 is 51.0 Å². The van der Waals surface area contributed by atoms with Gasteiger partial charge in [0.1, 0.15) is 28.5 Å². The summed E-state index contributed by atoms with van der Waals surface area (Å²) in [4.78, 5) is 68.3. The zero-order valence-electron chi connectivity index (χ0n) is 47.5.